The molecule has 0 aromatic heterocycles. The lowest BCUT2D eigenvalue weighted by Crippen LogP contribution is -2.35. The Hall–Kier alpha value is -1.88. The number of carbonyl (C=O) groups is 2. The molecular formula is C22H24Cl2N2O2. The van der Waals surface area contributed by atoms with Gasteiger partial charge in [0, 0.05) is 24.4 Å². The Morgan fingerprint density at radius 2 is 1.89 bits per heavy atom. The molecule has 2 aromatic rings. The number of amides is 1. The number of Topliss-reactive ketones (excluding diaryl/α,β-unsaturated/α-hetero) is 1. The van der Waals surface area contributed by atoms with Crippen molar-refractivity contribution in [2.45, 2.75) is 32.1 Å². The zero-order valence-corrected chi connectivity index (χ0v) is 17.2. The molecule has 0 saturated carbocycles. The van der Waals surface area contributed by atoms with Crippen LogP contribution in [0.3, 0.4) is 0 Å². The minimum atomic E-state index is -0.0354. The predicted molar refractivity (Wildman–Crippen MR) is 115 cm³/mol. The summed E-state index contributed by atoms with van der Waals surface area (Å²) < 4.78 is 0. The number of fused-ring (bicyclic) bond motifs is 3. The Bertz CT molecular complexity index is 884. The second-order valence-electron chi connectivity index (χ2n) is 7.33. The lowest BCUT2D eigenvalue weighted by Gasteiger charge is -2.29. The van der Waals surface area contributed by atoms with Crippen LogP contribution in [0.5, 0.6) is 0 Å². The quantitative estimate of drug-likeness (QED) is 0.714. The van der Waals surface area contributed by atoms with Gasteiger partial charge < -0.3 is 10.6 Å². The average Bonchev–Trinajstić information content (AvgIpc) is 2.68. The molecular weight excluding hydrogens is 395 g/mol. The first-order valence-electron chi connectivity index (χ1n) is 9.56. The second-order valence-corrected chi connectivity index (χ2v) is 7.74. The van der Waals surface area contributed by atoms with Crippen molar-refractivity contribution in [3.05, 3.63) is 63.7 Å². The summed E-state index contributed by atoms with van der Waals surface area (Å²) in [5.74, 6) is 0.135. The zero-order valence-electron chi connectivity index (χ0n) is 15.6. The number of benzene rings is 2. The van der Waals surface area contributed by atoms with Crippen LogP contribution in [-0.4, -0.2) is 24.8 Å². The first-order valence-corrected chi connectivity index (χ1v) is 9.94. The highest BCUT2D eigenvalue weighted by atomic mass is 35.5. The Morgan fingerprint density at radius 1 is 1.11 bits per heavy atom. The summed E-state index contributed by atoms with van der Waals surface area (Å²) in [5, 5.41) is 6.84. The van der Waals surface area contributed by atoms with Crippen molar-refractivity contribution in [2.75, 3.05) is 18.4 Å². The van der Waals surface area contributed by atoms with E-state index in [9.17, 15) is 9.59 Å². The van der Waals surface area contributed by atoms with E-state index in [2.05, 4.69) is 22.8 Å². The summed E-state index contributed by atoms with van der Waals surface area (Å²) in [6, 6.07) is 12.2. The highest BCUT2D eigenvalue weighted by molar-refractivity contribution is 6.34. The van der Waals surface area contributed by atoms with E-state index < -0.39 is 0 Å². The van der Waals surface area contributed by atoms with Crippen LogP contribution >= 0.6 is 24.0 Å². The van der Waals surface area contributed by atoms with E-state index >= 15 is 0 Å². The van der Waals surface area contributed by atoms with Crippen LogP contribution in [0.15, 0.2) is 36.4 Å². The minimum Gasteiger partial charge on any atom is -0.325 e. The van der Waals surface area contributed by atoms with Crippen LogP contribution in [0.4, 0.5) is 5.69 Å². The number of ketones is 1. The highest BCUT2D eigenvalue weighted by Gasteiger charge is 2.33. The highest BCUT2D eigenvalue weighted by Crippen LogP contribution is 2.39. The van der Waals surface area contributed by atoms with Gasteiger partial charge in [0.05, 0.1) is 10.7 Å². The molecule has 2 aliphatic rings. The van der Waals surface area contributed by atoms with Crippen LogP contribution in [0.2, 0.25) is 5.02 Å². The van der Waals surface area contributed by atoms with Gasteiger partial charge in [0.25, 0.3) is 0 Å². The molecule has 0 spiro atoms. The van der Waals surface area contributed by atoms with Gasteiger partial charge in [-0.2, -0.15) is 0 Å². The van der Waals surface area contributed by atoms with E-state index in [-0.39, 0.29) is 30.0 Å². The van der Waals surface area contributed by atoms with Gasteiger partial charge in [-0.05, 0) is 55.0 Å². The fourth-order valence-corrected chi connectivity index (χ4v) is 4.40. The molecule has 0 radical (unpaired) electrons. The maximum atomic E-state index is 13.1. The minimum absolute atomic E-state index is 0. The number of carbonyl (C=O) groups excluding carboxylic acids is 2. The number of anilines is 1. The van der Waals surface area contributed by atoms with E-state index in [0.29, 0.717) is 30.1 Å². The summed E-state index contributed by atoms with van der Waals surface area (Å²) >= 11 is 6.35. The molecule has 4 rings (SSSR count). The van der Waals surface area contributed by atoms with E-state index in [4.69, 9.17) is 11.6 Å². The fraction of sp³-hybridized carbons (Fsp3) is 0.364. The first-order chi connectivity index (χ1) is 13.1. The van der Waals surface area contributed by atoms with Crippen LogP contribution in [0.25, 0.3) is 0 Å². The summed E-state index contributed by atoms with van der Waals surface area (Å²) in [6.07, 6.45) is 3.64. The lowest BCUT2D eigenvalue weighted by molar-refractivity contribution is -0.116. The summed E-state index contributed by atoms with van der Waals surface area (Å²) in [5.41, 5.74) is 4.69. The largest absolute Gasteiger partial charge is 0.325 e. The number of hydrogen-bond acceptors (Lipinski definition) is 3. The molecule has 0 bridgehead atoms. The Balaban J connectivity index is 0.00000225. The maximum Gasteiger partial charge on any atom is 0.224 e. The summed E-state index contributed by atoms with van der Waals surface area (Å²) in [4.78, 5) is 24.9. The van der Waals surface area contributed by atoms with Crippen LogP contribution in [-0.2, 0) is 24.1 Å². The monoisotopic (exact) mass is 418 g/mol. The Kier molecular flexibility index (Phi) is 6.76. The van der Waals surface area contributed by atoms with Crippen molar-refractivity contribution in [2.24, 2.45) is 5.92 Å². The second kappa shape index (κ2) is 9.08. The van der Waals surface area contributed by atoms with Crippen molar-refractivity contribution >= 4 is 41.4 Å². The molecule has 1 heterocycles. The number of aryl methyl sites for hydroxylation is 1. The van der Waals surface area contributed by atoms with Gasteiger partial charge in [0.1, 0.15) is 0 Å². The maximum absolute atomic E-state index is 13.1. The third-order valence-corrected chi connectivity index (χ3v) is 5.83. The van der Waals surface area contributed by atoms with Gasteiger partial charge in [0.2, 0.25) is 5.91 Å². The van der Waals surface area contributed by atoms with E-state index in [1.807, 2.05) is 24.3 Å². The van der Waals surface area contributed by atoms with E-state index in [1.54, 1.807) is 0 Å². The van der Waals surface area contributed by atoms with Gasteiger partial charge >= 0.3 is 0 Å². The first kappa shape index (κ1) is 20.8. The van der Waals surface area contributed by atoms with Crippen molar-refractivity contribution < 1.29 is 9.59 Å². The summed E-state index contributed by atoms with van der Waals surface area (Å²) in [7, 11) is 0. The van der Waals surface area contributed by atoms with Crippen LogP contribution < -0.4 is 10.6 Å². The van der Waals surface area contributed by atoms with Crippen molar-refractivity contribution in [3.8, 4) is 0 Å². The lowest BCUT2D eigenvalue weighted by atomic mass is 9.78. The van der Waals surface area contributed by atoms with Gasteiger partial charge in [-0.3, -0.25) is 9.59 Å². The van der Waals surface area contributed by atoms with Crippen molar-refractivity contribution in [1.29, 1.82) is 0 Å². The van der Waals surface area contributed by atoms with Gasteiger partial charge in [-0.15, -0.1) is 12.4 Å². The number of halogens is 2. The SMILES string of the molecule is Cl.O=C1CCc2c(c(Cl)cc3c2C(=O)C(CNCCc2ccccc2)CC3)N1. The normalized spacial score (nSPS) is 18.0. The predicted octanol–water partition coefficient (Wildman–Crippen LogP) is 4.22. The molecule has 4 nitrogen and oxygen atoms in total. The molecule has 1 atom stereocenters. The molecule has 2 aromatic carbocycles. The molecule has 2 N–H and O–H groups in total. The molecule has 1 unspecified atom stereocenters. The molecule has 1 aliphatic heterocycles. The standard InChI is InChI=1S/C22H23ClN2O2.ClH/c23-18-12-15-6-7-16(13-24-11-10-14-4-2-1-3-5-14)22(27)20(15)17-8-9-19(26)25-21(17)18;/h1-5,12,16,24H,6-11,13H2,(H,25,26);1H. The van der Waals surface area contributed by atoms with Crippen LogP contribution in [0, 0.1) is 5.92 Å². The number of nitrogens with one attached hydrogen (secondary N) is 2. The van der Waals surface area contributed by atoms with Crippen LogP contribution in [0.1, 0.15) is 39.9 Å². The van der Waals surface area contributed by atoms with Crippen molar-refractivity contribution in [3.63, 3.8) is 0 Å². The number of hydrogen-bond donors (Lipinski definition) is 2. The smallest absolute Gasteiger partial charge is 0.224 e. The van der Waals surface area contributed by atoms with Gasteiger partial charge in [0.15, 0.2) is 5.78 Å². The molecule has 148 valence electrons. The molecule has 1 amide bonds. The average molecular weight is 419 g/mol. The molecule has 0 saturated heterocycles. The summed E-state index contributed by atoms with van der Waals surface area (Å²) in [6.45, 7) is 1.55. The van der Waals surface area contributed by atoms with Crippen molar-refractivity contribution in [1.82, 2.24) is 5.32 Å². The molecule has 6 heteroatoms. The van der Waals surface area contributed by atoms with Gasteiger partial charge in [-0.25, -0.2) is 0 Å². The molecule has 28 heavy (non-hydrogen) atoms. The molecule has 0 fully saturated rings. The zero-order chi connectivity index (χ0) is 18.8. The van der Waals surface area contributed by atoms with E-state index in [0.717, 1.165) is 42.5 Å². The molecule has 1 aliphatic carbocycles. The third-order valence-electron chi connectivity index (χ3n) is 5.53. The fourth-order valence-electron chi connectivity index (χ4n) is 4.10. The topological polar surface area (TPSA) is 58.2 Å². The van der Waals surface area contributed by atoms with Gasteiger partial charge in [-0.1, -0.05) is 41.9 Å². The third kappa shape index (κ3) is 4.24. The Labute approximate surface area is 176 Å². The van der Waals surface area contributed by atoms with E-state index in [1.165, 1.54) is 5.56 Å². The number of rotatable bonds is 5. The Morgan fingerprint density at radius 3 is 2.68 bits per heavy atom.